The zero-order valence-corrected chi connectivity index (χ0v) is 13.8. The molecule has 1 amide bonds. The SMILES string of the molecule is COc1ccc(Cl)cc1NC(=O)Cc1cc(-c2cccs2)on1. The largest absolute Gasteiger partial charge is 0.495 e. The first-order chi connectivity index (χ1) is 11.2. The average Bonchev–Trinajstić information content (AvgIpc) is 3.18. The minimum absolute atomic E-state index is 0.102. The van der Waals surface area contributed by atoms with Gasteiger partial charge in [0.2, 0.25) is 5.91 Å². The number of amides is 1. The van der Waals surface area contributed by atoms with E-state index in [0.29, 0.717) is 27.9 Å². The summed E-state index contributed by atoms with van der Waals surface area (Å²) in [5.74, 6) is 0.974. The van der Waals surface area contributed by atoms with Gasteiger partial charge in [-0.3, -0.25) is 4.79 Å². The molecule has 0 aliphatic rings. The van der Waals surface area contributed by atoms with E-state index in [0.717, 1.165) is 4.88 Å². The normalized spacial score (nSPS) is 10.5. The van der Waals surface area contributed by atoms with Gasteiger partial charge in [0.15, 0.2) is 5.76 Å². The summed E-state index contributed by atoms with van der Waals surface area (Å²) in [5, 5.41) is 9.17. The number of thiophene rings is 1. The second-order valence-corrected chi connectivity index (χ2v) is 6.11. The fourth-order valence-corrected chi connectivity index (χ4v) is 2.91. The summed E-state index contributed by atoms with van der Waals surface area (Å²) in [7, 11) is 1.53. The van der Waals surface area contributed by atoms with Gasteiger partial charge in [-0.1, -0.05) is 22.8 Å². The summed E-state index contributed by atoms with van der Waals surface area (Å²) in [6.45, 7) is 0. The number of halogens is 1. The minimum atomic E-state index is -0.225. The van der Waals surface area contributed by atoms with E-state index in [1.165, 1.54) is 7.11 Å². The zero-order valence-electron chi connectivity index (χ0n) is 12.2. The van der Waals surface area contributed by atoms with Crippen molar-refractivity contribution in [1.82, 2.24) is 5.16 Å². The highest BCUT2D eigenvalue weighted by Crippen LogP contribution is 2.28. The van der Waals surface area contributed by atoms with Gasteiger partial charge in [0.25, 0.3) is 0 Å². The van der Waals surface area contributed by atoms with Crippen LogP contribution in [0.15, 0.2) is 46.3 Å². The van der Waals surface area contributed by atoms with E-state index in [1.807, 2.05) is 17.5 Å². The van der Waals surface area contributed by atoms with Crippen LogP contribution in [0.25, 0.3) is 10.6 Å². The fraction of sp³-hybridized carbons (Fsp3) is 0.125. The molecule has 0 aliphatic carbocycles. The predicted octanol–water partition coefficient (Wildman–Crippen LogP) is 4.25. The Bertz CT molecular complexity index is 815. The molecule has 0 aliphatic heterocycles. The maximum absolute atomic E-state index is 12.2. The molecule has 3 aromatic rings. The lowest BCUT2D eigenvalue weighted by molar-refractivity contribution is -0.115. The molecule has 0 saturated heterocycles. The molecule has 118 valence electrons. The number of rotatable bonds is 5. The number of hydrogen-bond acceptors (Lipinski definition) is 5. The Balaban J connectivity index is 1.69. The number of nitrogens with one attached hydrogen (secondary N) is 1. The maximum atomic E-state index is 12.2. The molecule has 2 aromatic heterocycles. The molecule has 23 heavy (non-hydrogen) atoms. The van der Waals surface area contributed by atoms with Crippen LogP contribution < -0.4 is 10.1 Å². The van der Waals surface area contributed by atoms with Crippen molar-refractivity contribution in [1.29, 1.82) is 0 Å². The van der Waals surface area contributed by atoms with E-state index < -0.39 is 0 Å². The number of anilines is 1. The molecule has 5 nitrogen and oxygen atoms in total. The van der Waals surface area contributed by atoms with Crippen molar-refractivity contribution in [2.45, 2.75) is 6.42 Å². The Morgan fingerprint density at radius 2 is 2.26 bits per heavy atom. The molecular weight excluding hydrogens is 336 g/mol. The Kier molecular flexibility index (Phi) is 4.64. The monoisotopic (exact) mass is 348 g/mol. The Labute approximate surface area is 141 Å². The molecule has 3 rings (SSSR count). The predicted molar refractivity (Wildman–Crippen MR) is 90.2 cm³/mol. The first-order valence-electron chi connectivity index (χ1n) is 6.78. The van der Waals surface area contributed by atoms with Crippen LogP contribution in [0.4, 0.5) is 5.69 Å². The van der Waals surface area contributed by atoms with Gasteiger partial charge in [0.05, 0.1) is 29.8 Å². The summed E-state index contributed by atoms with van der Waals surface area (Å²) >= 11 is 7.50. The summed E-state index contributed by atoms with van der Waals surface area (Å²) in [4.78, 5) is 13.1. The quantitative estimate of drug-likeness (QED) is 0.748. The Hall–Kier alpha value is -2.31. The highest BCUT2D eigenvalue weighted by atomic mass is 35.5. The number of aromatic nitrogens is 1. The number of methoxy groups -OCH3 is 1. The maximum Gasteiger partial charge on any atom is 0.230 e. The second kappa shape index (κ2) is 6.85. The molecule has 0 radical (unpaired) electrons. The summed E-state index contributed by atoms with van der Waals surface area (Å²) in [6.07, 6.45) is 0.102. The Morgan fingerprint density at radius 3 is 3.00 bits per heavy atom. The van der Waals surface area contributed by atoms with Crippen LogP contribution in [0.2, 0.25) is 5.02 Å². The molecule has 0 fully saturated rings. The summed E-state index contributed by atoms with van der Waals surface area (Å²) < 4.78 is 10.5. The smallest absolute Gasteiger partial charge is 0.230 e. The van der Waals surface area contributed by atoms with Crippen molar-refractivity contribution in [3.63, 3.8) is 0 Å². The Morgan fingerprint density at radius 1 is 1.39 bits per heavy atom. The van der Waals surface area contributed by atoms with Gasteiger partial charge in [0.1, 0.15) is 5.75 Å². The number of hydrogen-bond donors (Lipinski definition) is 1. The third-order valence-corrected chi connectivity index (χ3v) is 4.22. The number of carbonyl (C=O) groups excluding carboxylic acids is 1. The minimum Gasteiger partial charge on any atom is -0.495 e. The zero-order chi connectivity index (χ0) is 16.2. The van der Waals surface area contributed by atoms with Gasteiger partial charge in [-0.15, -0.1) is 11.3 Å². The fourth-order valence-electron chi connectivity index (χ4n) is 2.07. The van der Waals surface area contributed by atoms with Gasteiger partial charge in [-0.25, -0.2) is 0 Å². The highest BCUT2D eigenvalue weighted by Gasteiger charge is 2.13. The third-order valence-electron chi connectivity index (χ3n) is 3.10. The van der Waals surface area contributed by atoms with Crippen molar-refractivity contribution >= 4 is 34.5 Å². The molecule has 7 heteroatoms. The molecule has 0 spiro atoms. The van der Waals surface area contributed by atoms with E-state index >= 15 is 0 Å². The van der Waals surface area contributed by atoms with Gasteiger partial charge in [-0.05, 0) is 29.6 Å². The molecule has 0 unspecified atom stereocenters. The summed E-state index contributed by atoms with van der Waals surface area (Å²) in [6, 6.07) is 10.7. The number of ether oxygens (including phenoxy) is 1. The van der Waals surface area contributed by atoms with Crippen LogP contribution in [-0.2, 0) is 11.2 Å². The van der Waals surface area contributed by atoms with E-state index in [2.05, 4.69) is 10.5 Å². The highest BCUT2D eigenvalue weighted by molar-refractivity contribution is 7.13. The van der Waals surface area contributed by atoms with Crippen LogP contribution in [0.5, 0.6) is 5.75 Å². The molecule has 1 N–H and O–H groups in total. The van der Waals surface area contributed by atoms with Gasteiger partial charge in [-0.2, -0.15) is 0 Å². The third kappa shape index (κ3) is 3.72. The van der Waals surface area contributed by atoms with E-state index in [9.17, 15) is 4.79 Å². The van der Waals surface area contributed by atoms with Crippen molar-refractivity contribution in [2.75, 3.05) is 12.4 Å². The average molecular weight is 349 g/mol. The standard InChI is InChI=1S/C16H13ClN2O3S/c1-21-13-5-4-10(17)7-12(13)18-16(20)9-11-8-14(22-19-11)15-3-2-6-23-15/h2-8H,9H2,1H3,(H,18,20). The van der Waals surface area contributed by atoms with Gasteiger partial charge < -0.3 is 14.6 Å². The van der Waals surface area contributed by atoms with Gasteiger partial charge in [0, 0.05) is 11.1 Å². The topological polar surface area (TPSA) is 64.4 Å². The van der Waals surface area contributed by atoms with Crippen LogP contribution in [0.1, 0.15) is 5.69 Å². The number of nitrogens with zero attached hydrogens (tertiary/aromatic N) is 1. The van der Waals surface area contributed by atoms with E-state index in [-0.39, 0.29) is 12.3 Å². The molecule has 0 saturated carbocycles. The number of carbonyl (C=O) groups is 1. The van der Waals surface area contributed by atoms with Crippen LogP contribution >= 0.6 is 22.9 Å². The lowest BCUT2D eigenvalue weighted by atomic mass is 10.2. The van der Waals surface area contributed by atoms with E-state index in [4.69, 9.17) is 20.9 Å². The van der Waals surface area contributed by atoms with Crippen LogP contribution in [0, 0.1) is 0 Å². The first-order valence-corrected chi connectivity index (χ1v) is 8.04. The second-order valence-electron chi connectivity index (χ2n) is 4.73. The van der Waals surface area contributed by atoms with Crippen molar-refractivity contribution in [3.05, 3.63) is 52.5 Å². The van der Waals surface area contributed by atoms with Crippen LogP contribution in [0.3, 0.4) is 0 Å². The summed E-state index contributed by atoms with van der Waals surface area (Å²) in [5.41, 5.74) is 1.08. The molecule has 1 aromatic carbocycles. The van der Waals surface area contributed by atoms with Crippen molar-refractivity contribution in [2.24, 2.45) is 0 Å². The number of benzene rings is 1. The van der Waals surface area contributed by atoms with E-state index in [1.54, 1.807) is 35.6 Å². The lowest BCUT2D eigenvalue weighted by Crippen LogP contribution is -2.15. The molecule has 0 atom stereocenters. The molecule has 0 bridgehead atoms. The van der Waals surface area contributed by atoms with Crippen molar-refractivity contribution < 1.29 is 14.1 Å². The molecular formula is C16H13ClN2O3S. The first kappa shape index (κ1) is 15.6. The van der Waals surface area contributed by atoms with Crippen molar-refractivity contribution in [3.8, 4) is 16.4 Å². The van der Waals surface area contributed by atoms with Gasteiger partial charge >= 0.3 is 0 Å². The molecule has 2 heterocycles. The lowest BCUT2D eigenvalue weighted by Gasteiger charge is -2.09. The van der Waals surface area contributed by atoms with Crippen LogP contribution in [-0.4, -0.2) is 18.2 Å².